The Morgan fingerprint density at radius 1 is 1.11 bits per heavy atom. The maximum Gasteiger partial charge on any atom is 0.409 e. The maximum atomic E-state index is 12.3. The monoisotopic (exact) mass is 513 g/mol. The number of rotatable bonds is 6. The van der Waals surface area contributed by atoms with Gasteiger partial charge in [0.1, 0.15) is 5.82 Å². The summed E-state index contributed by atoms with van der Waals surface area (Å²) in [5, 5.41) is 20.2. The summed E-state index contributed by atoms with van der Waals surface area (Å²) in [6, 6.07) is 21.3. The molecule has 1 aliphatic heterocycles. The molecule has 196 valence electrons. The average Bonchev–Trinajstić information content (AvgIpc) is 3.33. The van der Waals surface area contributed by atoms with Crippen LogP contribution in [0.4, 0.5) is 4.79 Å². The molecule has 0 aliphatic carbocycles. The van der Waals surface area contributed by atoms with E-state index >= 15 is 0 Å². The van der Waals surface area contributed by atoms with E-state index < -0.39 is 11.6 Å². The Bertz CT molecular complexity index is 1510. The Labute approximate surface area is 221 Å². The fourth-order valence-corrected chi connectivity index (χ4v) is 5.26. The summed E-state index contributed by atoms with van der Waals surface area (Å²) in [6.07, 6.45) is 1.10. The first-order chi connectivity index (χ1) is 18.2. The summed E-state index contributed by atoms with van der Waals surface area (Å²) in [5.74, 6) is -0.646. The topological polar surface area (TPSA) is 105 Å². The van der Waals surface area contributed by atoms with Gasteiger partial charge in [0.25, 0.3) is 0 Å². The lowest BCUT2D eigenvalue weighted by molar-refractivity contribution is -0.157. The molecule has 3 aromatic carbocycles. The van der Waals surface area contributed by atoms with Crippen LogP contribution in [0.3, 0.4) is 0 Å². The number of carbonyl (C=O) groups is 2. The van der Waals surface area contributed by atoms with Crippen LogP contribution in [0.15, 0.2) is 66.7 Å². The number of benzene rings is 3. The van der Waals surface area contributed by atoms with Gasteiger partial charge < -0.3 is 24.4 Å². The first-order valence-electron chi connectivity index (χ1n) is 12.7. The summed E-state index contributed by atoms with van der Waals surface area (Å²) in [6.45, 7) is 4.38. The molecule has 2 atom stereocenters. The number of carbonyl (C=O) groups excluding carboxylic acids is 1. The number of ether oxygens (including phenoxy) is 1. The van der Waals surface area contributed by atoms with Gasteiger partial charge in [0.2, 0.25) is 0 Å². The van der Waals surface area contributed by atoms with Crippen LogP contribution in [-0.4, -0.2) is 50.4 Å². The SMILES string of the molecule is COC(=O)N1CCc2ccc3c(nc(-c4cccc(C(C)(O)C(=O)O)c4)n3[C@@H](C)Cc3ccccc3)c2C1. The molecule has 4 aromatic rings. The van der Waals surface area contributed by atoms with Gasteiger partial charge in [-0.2, -0.15) is 0 Å². The number of aromatic nitrogens is 2. The number of methoxy groups -OCH3 is 1. The molecule has 38 heavy (non-hydrogen) atoms. The van der Waals surface area contributed by atoms with Gasteiger partial charge in [-0.1, -0.05) is 54.6 Å². The van der Waals surface area contributed by atoms with Gasteiger partial charge in [-0.15, -0.1) is 0 Å². The van der Waals surface area contributed by atoms with Crippen LogP contribution in [0.1, 0.15) is 42.1 Å². The van der Waals surface area contributed by atoms with Crippen molar-refractivity contribution in [2.24, 2.45) is 0 Å². The molecule has 0 spiro atoms. The van der Waals surface area contributed by atoms with E-state index in [9.17, 15) is 19.8 Å². The molecule has 5 rings (SSSR count). The number of imidazole rings is 1. The average molecular weight is 514 g/mol. The Balaban J connectivity index is 1.69. The molecule has 2 N–H and O–H groups in total. The minimum Gasteiger partial charge on any atom is -0.479 e. The molecule has 1 aromatic heterocycles. The van der Waals surface area contributed by atoms with Crippen LogP contribution >= 0.6 is 0 Å². The van der Waals surface area contributed by atoms with Crippen molar-refractivity contribution in [2.45, 2.75) is 44.9 Å². The number of amides is 1. The highest BCUT2D eigenvalue weighted by molar-refractivity contribution is 5.86. The van der Waals surface area contributed by atoms with Crippen molar-refractivity contribution in [2.75, 3.05) is 13.7 Å². The first-order valence-corrected chi connectivity index (χ1v) is 12.7. The van der Waals surface area contributed by atoms with Gasteiger partial charge in [0, 0.05) is 23.7 Å². The molecule has 1 amide bonds. The largest absolute Gasteiger partial charge is 0.479 e. The normalized spacial score (nSPS) is 15.5. The zero-order valence-corrected chi connectivity index (χ0v) is 21.7. The zero-order chi connectivity index (χ0) is 27.0. The maximum absolute atomic E-state index is 12.3. The van der Waals surface area contributed by atoms with Gasteiger partial charge in [-0.3, -0.25) is 0 Å². The van der Waals surface area contributed by atoms with Crippen LogP contribution in [0, 0.1) is 0 Å². The minimum absolute atomic E-state index is 0.0133. The molecule has 2 heterocycles. The van der Waals surface area contributed by atoms with Crippen LogP contribution in [-0.2, 0) is 34.5 Å². The molecule has 1 unspecified atom stereocenters. The van der Waals surface area contributed by atoms with E-state index in [1.807, 2.05) is 24.3 Å². The van der Waals surface area contributed by atoms with E-state index in [4.69, 9.17) is 9.72 Å². The second-order valence-corrected chi connectivity index (χ2v) is 10.0. The highest BCUT2D eigenvalue weighted by atomic mass is 16.5. The fourth-order valence-electron chi connectivity index (χ4n) is 5.26. The van der Waals surface area contributed by atoms with Crippen LogP contribution in [0.2, 0.25) is 0 Å². The summed E-state index contributed by atoms with van der Waals surface area (Å²) in [5.41, 5.74) is 4.00. The van der Waals surface area contributed by atoms with Crippen molar-refractivity contribution >= 4 is 23.1 Å². The molecule has 1 aliphatic rings. The first kappa shape index (κ1) is 25.5. The van der Waals surface area contributed by atoms with E-state index in [0.29, 0.717) is 30.9 Å². The molecule has 8 heteroatoms. The van der Waals surface area contributed by atoms with Gasteiger partial charge in [-0.05, 0) is 55.5 Å². The van der Waals surface area contributed by atoms with Gasteiger partial charge in [-0.25, -0.2) is 14.6 Å². The standard InChI is InChI=1S/C30H31N3O5/c1-19(16-20-8-5-4-6-9-20)33-25-13-12-21-14-15-32(29(36)38-3)18-24(21)26(25)31-27(33)22-10-7-11-23(17-22)30(2,37)28(34)35/h4-13,17,19,37H,14-16,18H2,1-3H3,(H,34,35)/t19-,30?/m0/s1. The van der Waals surface area contributed by atoms with Crippen molar-refractivity contribution in [1.82, 2.24) is 14.5 Å². The third-order valence-corrected chi connectivity index (χ3v) is 7.41. The number of hydrogen-bond acceptors (Lipinski definition) is 5. The van der Waals surface area contributed by atoms with Crippen LogP contribution < -0.4 is 0 Å². The molecular formula is C30H31N3O5. The van der Waals surface area contributed by atoms with E-state index in [1.54, 1.807) is 23.1 Å². The molecule has 0 radical (unpaired) electrons. The number of aliphatic hydroxyl groups is 1. The third kappa shape index (κ3) is 4.52. The van der Waals surface area contributed by atoms with E-state index in [0.717, 1.165) is 28.6 Å². The van der Waals surface area contributed by atoms with E-state index in [-0.39, 0.29) is 17.7 Å². The Kier molecular flexibility index (Phi) is 6.67. The predicted octanol–water partition coefficient (Wildman–Crippen LogP) is 4.92. The number of aliphatic carboxylic acids is 1. The smallest absolute Gasteiger partial charge is 0.409 e. The second kappa shape index (κ2) is 9.95. The molecule has 0 bridgehead atoms. The Morgan fingerprint density at radius 2 is 1.87 bits per heavy atom. The molecular weight excluding hydrogens is 482 g/mol. The van der Waals surface area contributed by atoms with Crippen LogP contribution in [0.5, 0.6) is 0 Å². The Hall–Kier alpha value is -4.17. The molecule has 0 saturated heterocycles. The summed E-state index contributed by atoms with van der Waals surface area (Å²) < 4.78 is 7.15. The van der Waals surface area contributed by atoms with Gasteiger partial charge in [0.05, 0.1) is 24.7 Å². The number of nitrogens with zero attached hydrogens (tertiary/aromatic N) is 3. The highest BCUT2D eigenvalue weighted by Gasteiger charge is 2.33. The highest BCUT2D eigenvalue weighted by Crippen LogP contribution is 2.36. The van der Waals surface area contributed by atoms with E-state index in [1.165, 1.54) is 19.6 Å². The van der Waals surface area contributed by atoms with Crippen molar-refractivity contribution in [3.8, 4) is 11.4 Å². The minimum atomic E-state index is -2.04. The molecule has 0 saturated carbocycles. The summed E-state index contributed by atoms with van der Waals surface area (Å²) in [7, 11) is 1.38. The quantitative estimate of drug-likeness (QED) is 0.379. The number of carboxylic acids is 1. The number of fused-ring (bicyclic) bond motifs is 3. The van der Waals surface area contributed by atoms with Crippen molar-refractivity contribution in [1.29, 1.82) is 0 Å². The predicted molar refractivity (Wildman–Crippen MR) is 144 cm³/mol. The van der Waals surface area contributed by atoms with Crippen molar-refractivity contribution in [3.63, 3.8) is 0 Å². The lowest BCUT2D eigenvalue weighted by atomic mass is 9.94. The lowest BCUT2D eigenvalue weighted by Gasteiger charge is -2.28. The summed E-state index contributed by atoms with van der Waals surface area (Å²) in [4.78, 5) is 30.8. The summed E-state index contributed by atoms with van der Waals surface area (Å²) >= 11 is 0. The fraction of sp³-hybridized carbons (Fsp3) is 0.300. The molecule has 0 fully saturated rings. The van der Waals surface area contributed by atoms with Gasteiger partial charge >= 0.3 is 12.1 Å². The number of carboxylic acid groups (broad SMARTS) is 1. The third-order valence-electron chi connectivity index (χ3n) is 7.41. The zero-order valence-electron chi connectivity index (χ0n) is 21.7. The number of hydrogen-bond donors (Lipinski definition) is 2. The van der Waals surface area contributed by atoms with Gasteiger partial charge in [0.15, 0.2) is 5.60 Å². The van der Waals surface area contributed by atoms with E-state index in [2.05, 4.69) is 35.8 Å². The lowest BCUT2D eigenvalue weighted by Crippen LogP contribution is -2.35. The molecule has 8 nitrogen and oxygen atoms in total. The Morgan fingerprint density at radius 3 is 2.58 bits per heavy atom. The van der Waals surface area contributed by atoms with Crippen molar-refractivity contribution in [3.05, 3.63) is 89.0 Å². The second-order valence-electron chi connectivity index (χ2n) is 10.0. The van der Waals surface area contributed by atoms with Crippen molar-refractivity contribution < 1.29 is 24.5 Å². The van der Waals surface area contributed by atoms with Crippen LogP contribution in [0.25, 0.3) is 22.4 Å².